The van der Waals surface area contributed by atoms with E-state index < -0.39 is 0 Å². The number of amides is 1. The van der Waals surface area contributed by atoms with E-state index in [0.717, 1.165) is 16.5 Å². The summed E-state index contributed by atoms with van der Waals surface area (Å²) in [5, 5.41) is 3.85. The molecule has 0 fully saturated rings. The number of nitrogens with one attached hydrogen (secondary N) is 1. The number of aryl methyl sites for hydroxylation is 2. The van der Waals surface area contributed by atoms with Crippen LogP contribution in [0.15, 0.2) is 48.5 Å². The highest BCUT2D eigenvalue weighted by Crippen LogP contribution is 2.23. The summed E-state index contributed by atoms with van der Waals surface area (Å²) in [6.07, 6.45) is 0. The number of anilines is 1. The first-order valence-electron chi connectivity index (χ1n) is 7.75. The number of benzene rings is 2. The Labute approximate surface area is 140 Å². The van der Waals surface area contributed by atoms with Gasteiger partial charge in [0, 0.05) is 16.6 Å². The number of fused-ring (bicyclic) bond motifs is 1. The van der Waals surface area contributed by atoms with Gasteiger partial charge in [-0.2, -0.15) is 0 Å². The molecule has 2 aromatic carbocycles. The number of hydrogen-bond acceptors (Lipinski definition) is 3. The van der Waals surface area contributed by atoms with Gasteiger partial charge in [0.05, 0.1) is 16.8 Å². The third kappa shape index (κ3) is 2.91. The summed E-state index contributed by atoms with van der Waals surface area (Å²) >= 11 is 0. The second-order valence-electron chi connectivity index (χ2n) is 5.80. The minimum absolute atomic E-state index is 0.00158. The van der Waals surface area contributed by atoms with Crippen molar-refractivity contribution in [1.29, 1.82) is 0 Å². The zero-order valence-corrected chi connectivity index (χ0v) is 13.9. The normalized spacial score (nSPS) is 10.6. The molecule has 0 spiro atoms. The number of pyridine rings is 1. The molecule has 1 N–H and O–H groups in total. The van der Waals surface area contributed by atoms with Crippen molar-refractivity contribution in [3.63, 3.8) is 0 Å². The van der Waals surface area contributed by atoms with Crippen LogP contribution >= 0.6 is 0 Å². The molecule has 0 saturated heterocycles. The van der Waals surface area contributed by atoms with Crippen LogP contribution in [-0.2, 0) is 0 Å². The molecule has 3 rings (SSSR count). The maximum absolute atomic E-state index is 12.7. The minimum atomic E-state index is -0.196. The first-order valence-corrected chi connectivity index (χ1v) is 7.75. The molecular weight excluding hydrogens is 300 g/mol. The summed E-state index contributed by atoms with van der Waals surface area (Å²) in [7, 11) is 0. The van der Waals surface area contributed by atoms with Gasteiger partial charge in [0.1, 0.15) is 0 Å². The van der Waals surface area contributed by atoms with Crippen molar-refractivity contribution >= 4 is 28.3 Å². The van der Waals surface area contributed by atoms with E-state index >= 15 is 0 Å². The van der Waals surface area contributed by atoms with Crippen LogP contribution in [0.5, 0.6) is 0 Å². The number of carbonyl (C=O) groups is 2. The average molecular weight is 318 g/mol. The molecule has 1 amide bonds. The smallest absolute Gasteiger partial charge is 0.257 e. The molecule has 0 bridgehead atoms. The fourth-order valence-electron chi connectivity index (χ4n) is 2.85. The second kappa shape index (κ2) is 6.24. The molecule has 0 unspecified atom stereocenters. The van der Waals surface area contributed by atoms with Crippen molar-refractivity contribution in [3.05, 3.63) is 70.9 Å². The number of rotatable bonds is 3. The Kier molecular flexibility index (Phi) is 4.13. The molecule has 4 heteroatoms. The van der Waals surface area contributed by atoms with Gasteiger partial charge in [-0.05, 0) is 56.7 Å². The Hall–Kier alpha value is -3.01. The van der Waals surface area contributed by atoms with Gasteiger partial charge in [0.25, 0.3) is 5.91 Å². The van der Waals surface area contributed by atoms with E-state index in [1.54, 1.807) is 24.3 Å². The lowest BCUT2D eigenvalue weighted by Crippen LogP contribution is -2.16. The largest absolute Gasteiger partial charge is 0.322 e. The topological polar surface area (TPSA) is 59.1 Å². The van der Waals surface area contributed by atoms with E-state index in [2.05, 4.69) is 10.3 Å². The molecule has 0 aliphatic rings. The van der Waals surface area contributed by atoms with Gasteiger partial charge in [-0.3, -0.25) is 14.6 Å². The third-order valence-electron chi connectivity index (χ3n) is 4.11. The van der Waals surface area contributed by atoms with Crippen LogP contribution in [0, 0.1) is 13.8 Å². The highest BCUT2D eigenvalue weighted by Gasteiger charge is 2.16. The van der Waals surface area contributed by atoms with E-state index in [1.165, 1.54) is 6.92 Å². The molecule has 1 heterocycles. The van der Waals surface area contributed by atoms with Gasteiger partial charge in [-0.25, -0.2) is 0 Å². The lowest BCUT2D eigenvalue weighted by molar-refractivity contribution is 0.101. The fourth-order valence-corrected chi connectivity index (χ4v) is 2.85. The summed E-state index contributed by atoms with van der Waals surface area (Å²) in [5.74, 6) is -0.197. The molecule has 4 nitrogen and oxygen atoms in total. The van der Waals surface area contributed by atoms with Gasteiger partial charge in [-0.1, -0.05) is 18.2 Å². The molecule has 0 aliphatic heterocycles. The number of para-hydroxylation sites is 1. The molecule has 0 saturated carbocycles. The van der Waals surface area contributed by atoms with E-state index in [0.29, 0.717) is 22.5 Å². The number of Topliss-reactive ketones (excluding diaryl/α,β-unsaturated/α-hetero) is 1. The predicted octanol–water partition coefficient (Wildman–Crippen LogP) is 4.31. The molecule has 0 radical (unpaired) electrons. The molecule has 24 heavy (non-hydrogen) atoms. The van der Waals surface area contributed by atoms with E-state index in [4.69, 9.17) is 0 Å². The Morgan fingerprint density at radius 3 is 2.29 bits per heavy atom. The van der Waals surface area contributed by atoms with Crippen LogP contribution in [0.25, 0.3) is 10.9 Å². The summed E-state index contributed by atoms with van der Waals surface area (Å²) < 4.78 is 0. The van der Waals surface area contributed by atoms with E-state index in [9.17, 15) is 9.59 Å². The monoisotopic (exact) mass is 318 g/mol. The van der Waals surface area contributed by atoms with Crippen LogP contribution in [0.2, 0.25) is 0 Å². The van der Waals surface area contributed by atoms with Crippen molar-refractivity contribution in [1.82, 2.24) is 4.98 Å². The molecule has 0 atom stereocenters. The predicted molar refractivity (Wildman–Crippen MR) is 95.6 cm³/mol. The van der Waals surface area contributed by atoms with Crippen LogP contribution in [0.3, 0.4) is 0 Å². The minimum Gasteiger partial charge on any atom is -0.322 e. The highest BCUT2D eigenvalue weighted by atomic mass is 16.1. The Morgan fingerprint density at radius 1 is 0.958 bits per heavy atom. The zero-order chi connectivity index (χ0) is 17.3. The fraction of sp³-hybridized carbons (Fsp3) is 0.150. The number of aromatic nitrogens is 1. The summed E-state index contributed by atoms with van der Waals surface area (Å²) in [6.45, 7) is 5.29. The number of nitrogens with zero attached hydrogens (tertiary/aromatic N) is 1. The van der Waals surface area contributed by atoms with Gasteiger partial charge in [0.2, 0.25) is 0 Å². The first kappa shape index (κ1) is 15.9. The van der Waals surface area contributed by atoms with Gasteiger partial charge >= 0.3 is 0 Å². The van der Waals surface area contributed by atoms with Crippen LogP contribution in [-0.4, -0.2) is 16.7 Å². The molecule has 0 aliphatic carbocycles. The van der Waals surface area contributed by atoms with Crippen molar-refractivity contribution < 1.29 is 9.59 Å². The Morgan fingerprint density at radius 2 is 1.62 bits per heavy atom. The third-order valence-corrected chi connectivity index (χ3v) is 4.11. The van der Waals surface area contributed by atoms with E-state index in [1.807, 2.05) is 38.1 Å². The highest BCUT2D eigenvalue weighted by molar-refractivity contribution is 6.08. The Balaban J connectivity index is 1.95. The lowest BCUT2D eigenvalue weighted by Gasteiger charge is -2.13. The van der Waals surface area contributed by atoms with Crippen molar-refractivity contribution in [2.45, 2.75) is 20.8 Å². The van der Waals surface area contributed by atoms with Gasteiger partial charge in [-0.15, -0.1) is 0 Å². The molecule has 3 aromatic rings. The summed E-state index contributed by atoms with van der Waals surface area (Å²) in [6, 6.07) is 14.7. The van der Waals surface area contributed by atoms with Gasteiger partial charge < -0.3 is 5.32 Å². The van der Waals surface area contributed by atoms with Gasteiger partial charge in [0.15, 0.2) is 5.78 Å². The van der Waals surface area contributed by atoms with Crippen LogP contribution < -0.4 is 5.32 Å². The van der Waals surface area contributed by atoms with Crippen molar-refractivity contribution in [2.75, 3.05) is 5.32 Å². The number of hydrogen-bond donors (Lipinski definition) is 1. The standard InChI is InChI=1S/C20H18N2O2/c1-12-17-6-4-5-7-18(17)21-13(2)19(12)20(24)22-16-10-8-15(9-11-16)14(3)23/h4-11H,1-3H3,(H,22,24). The molecular formula is C20H18N2O2. The first-order chi connectivity index (χ1) is 11.5. The van der Waals surface area contributed by atoms with Crippen LogP contribution in [0.1, 0.15) is 38.9 Å². The maximum atomic E-state index is 12.7. The van der Waals surface area contributed by atoms with Crippen LogP contribution in [0.4, 0.5) is 5.69 Å². The van der Waals surface area contributed by atoms with E-state index in [-0.39, 0.29) is 11.7 Å². The van der Waals surface area contributed by atoms with Crippen molar-refractivity contribution in [3.8, 4) is 0 Å². The second-order valence-corrected chi connectivity index (χ2v) is 5.80. The van der Waals surface area contributed by atoms with Crippen molar-refractivity contribution in [2.24, 2.45) is 0 Å². The number of ketones is 1. The maximum Gasteiger partial charge on any atom is 0.257 e. The molecule has 1 aromatic heterocycles. The summed E-state index contributed by atoms with van der Waals surface area (Å²) in [4.78, 5) is 28.5. The number of carbonyl (C=O) groups excluding carboxylic acids is 2. The zero-order valence-electron chi connectivity index (χ0n) is 13.9. The average Bonchev–Trinajstić information content (AvgIpc) is 2.55. The lowest BCUT2D eigenvalue weighted by atomic mass is 10.0. The molecule has 120 valence electrons. The SMILES string of the molecule is CC(=O)c1ccc(NC(=O)c2c(C)nc3ccccc3c2C)cc1. The summed E-state index contributed by atoms with van der Waals surface area (Å²) in [5.41, 5.74) is 4.35. The Bertz CT molecular complexity index is 944. The quantitative estimate of drug-likeness (QED) is 0.732.